The lowest BCUT2D eigenvalue weighted by Crippen LogP contribution is -2.11. The van der Waals surface area contributed by atoms with E-state index in [1.807, 2.05) is 0 Å². The average molecular weight is 228 g/mol. The predicted octanol–water partition coefficient (Wildman–Crippen LogP) is 0.767. The highest BCUT2D eigenvalue weighted by Crippen LogP contribution is 2.13. The molecule has 1 rings (SSSR count). The monoisotopic (exact) mass is 228 g/mol. The van der Waals surface area contributed by atoms with Gasteiger partial charge in [-0.2, -0.15) is 0 Å². The Balaban J connectivity index is 2.71. The van der Waals surface area contributed by atoms with Crippen molar-refractivity contribution < 1.29 is 28.5 Å². The summed E-state index contributed by atoms with van der Waals surface area (Å²) in [6, 6.07) is 1.13. The number of carbonyl (C=O) groups is 2. The molecule has 8 heteroatoms. The second-order valence-electron chi connectivity index (χ2n) is 2.31. The van der Waals surface area contributed by atoms with E-state index in [0.717, 1.165) is 26.6 Å². The number of ether oxygens (including phenoxy) is 4. The number of hydrogen-bond donors (Lipinski definition) is 0. The van der Waals surface area contributed by atoms with Gasteiger partial charge < -0.3 is 18.9 Å². The van der Waals surface area contributed by atoms with Gasteiger partial charge in [-0.25, -0.2) is 19.6 Å². The van der Waals surface area contributed by atoms with Gasteiger partial charge in [-0.15, -0.1) is 0 Å². The fraction of sp³-hybridized carbons (Fsp3) is 0.250. The number of carbonyl (C=O) groups excluding carboxylic acids is 2. The first-order valence-corrected chi connectivity index (χ1v) is 3.99. The third-order valence-electron chi connectivity index (χ3n) is 1.33. The van der Waals surface area contributed by atoms with Crippen molar-refractivity contribution in [2.45, 2.75) is 0 Å². The van der Waals surface area contributed by atoms with Gasteiger partial charge in [-0.1, -0.05) is 0 Å². The third-order valence-corrected chi connectivity index (χ3v) is 1.33. The summed E-state index contributed by atoms with van der Waals surface area (Å²) < 4.78 is 17.6. The molecule has 0 fully saturated rings. The first-order chi connectivity index (χ1) is 7.65. The summed E-state index contributed by atoms with van der Waals surface area (Å²) in [5.41, 5.74) is 0. The van der Waals surface area contributed by atoms with Crippen LogP contribution in [-0.2, 0) is 9.47 Å². The number of nitrogens with zero attached hydrogens (tertiary/aromatic N) is 2. The summed E-state index contributed by atoms with van der Waals surface area (Å²) in [4.78, 5) is 28.7. The van der Waals surface area contributed by atoms with E-state index in [1.54, 1.807) is 0 Å². The lowest BCUT2D eigenvalue weighted by molar-refractivity contribution is 0.117. The van der Waals surface area contributed by atoms with Crippen LogP contribution in [0.2, 0.25) is 0 Å². The molecule has 0 saturated heterocycles. The van der Waals surface area contributed by atoms with Crippen LogP contribution in [0.3, 0.4) is 0 Å². The van der Waals surface area contributed by atoms with E-state index in [4.69, 9.17) is 0 Å². The smallest absolute Gasteiger partial charge is 0.437 e. The zero-order valence-electron chi connectivity index (χ0n) is 8.50. The summed E-state index contributed by atoms with van der Waals surface area (Å²) in [7, 11) is 2.30. The third kappa shape index (κ3) is 3.40. The molecule has 0 spiro atoms. The van der Waals surface area contributed by atoms with E-state index in [-0.39, 0.29) is 11.8 Å². The van der Waals surface area contributed by atoms with Gasteiger partial charge in [0.15, 0.2) is 0 Å². The maximum absolute atomic E-state index is 10.7. The number of methoxy groups -OCH3 is 2. The van der Waals surface area contributed by atoms with Gasteiger partial charge in [0, 0.05) is 0 Å². The van der Waals surface area contributed by atoms with Crippen molar-refractivity contribution in [3.63, 3.8) is 0 Å². The second kappa shape index (κ2) is 5.49. The Morgan fingerprint density at radius 3 is 1.81 bits per heavy atom. The SMILES string of the molecule is COC(=O)Oc1cc(OC(=O)OC)ncn1. The summed E-state index contributed by atoms with van der Waals surface area (Å²) in [6.07, 6.45) is -0.832. The molecule has 1 aromatic rings. The van der Waals surface area contributed by atoms with Gasteiger partial charge in [0.25, 0.3) is 0 Å². The van der Waals surface area contributed by atoms with E-state index < -0.39 is 12.3 Å². The lowest BCUT2D eigenvalue weighted by Gasteiger charge is -2.03. The molecule has 1 aromatic heterocycles. The van der Waals surface area contributed by atoms with Crippen molar-refractivity contribution in [3.8, 4) is 11.8 Å². The molecule has 0 saturated carbocycles. The molecule has 16 heavy (non-hydrogen) atoms. The van der Waals surface area contributed by atoms with Crippen molar-refractivity contribution in [1.29, 1.82) is 0 Å². The highest BCUT2D eigenvalue weighted by Gasteiger charge is 2.09. The van der Waals surface area contributed by atoms with Gasteiger partial charge >= 0.3 is 12.3 Å². The predicted molar refractivity (Wildman–Crippen MR) is 48.1 cm³/mol. The molecule has 0 N–H and O–H groups in total. The van der Waals surface area contributed by atoms with E-state index in [9.17, 15) is 9.59 Å². The maximum atomic E-state index is 10.7. The Kier molecular flexibility index (Phi) is 4.01. The number of aromatic nitrogens is 2. The molecular formula is C8H8N2O6. The Hall–Kier alpha value is -2.38. The van der Waals surface area contributed by atoms with Crippen LogP contribution >= 0.6 is 0 Å². The standard InChI is InChI=1S/C8H8N2O6/c1-13-7(11)15-5-3-6(10-4-9-5)16-8(12)14-2/h3-4H,1-2H3. The molecule has 0 aromatic carbocycles. The Morgan fingerprint density at radius 1 is 1.00 bits per heavy atom. The lowest BCUT2D eigenvalue weighted by atomic mass is 10.6. The summed E-state index contributed by atoms with van der Waals surface area (Å²) >= 11 is 0. The maximum Gasteiger partial charge on any atom is 0.514 e. The highest BCUT2D eigenvalue weighted by molar-refractivity contribution is 5.64. The fourth-order valence-electron chi connectivity index (χ4n) is 0.689. The number of hydrogen-bond acceptors (Lipinski definition) is 8. The molecule has 8 nitrogen and oxygen atoms in total. The van der Waals surface area contributed by atoms with Crippen molar-refractivity contribution >= 4 is 12.3 Å². The van der Waals surface area contributed by atoms with Gasteiger partial charge in [0.1, 0.15) is 6.33 Å². The Morgan fingerprint density at radius 2 is 1.44 bits per heavy atom. The largest absolute Gasteiger partial charge is 0.514 e. The van der Waals surface area contributed by atoms with Gasteiger partial charge in [0.05, 0.1) is 20.3 Å². The summed E-state index contributed by atoms with van der Waals surface area (Å²) in [5.74, 6) is -0.221. The first kappa shape index (κ1) is 11.7. The Bertz CT molecular complexity index is 361. The zero-order chi connectivity index (χ0) is 12.0. The van der Waals surface area contributed by atoms with Crippen LogP contribution < -0.4 is 9.47 Å². The molecule has 0 radical (unpaired) electrons. The minimum absolute atomic E-state index is 0.110. The van der Waals surface area contributed by atoms with Crippen molar-refractivity contribution in [2.24, 2.45) is 0 Å². The van der Waals surface area contributed by atoms with E-state index in [2.05, 4.69) is 28.9 Å². The molecule has 0 atom stereocenters. The van der Waals surface area contributed by atoms with Crippen LogP contribution in [-0.4, -0.2) is 36.5 Å². The minimum atomic E-state index is -0.942. The van der Waals surface area contributed by atoms with Crippen LogP contribution in [0.4, 0.5) is 9.59 Å². The van der Waals surface area contributed by atoms with E-state index in [0.29, 0.717) is 0 Å². The molecule has 0 amide bonds. The second-order valence-corrected chi connectivity index (χ2v) is 2.31. The van der Waals surface area contributed by atoms with Gasteiger partial charge in [0.2, 0.25) is 11.8 Å². The molecule has 1 heterocycles. The number of rotatable bonds is 2. The van der Waals surface area contributed by atoms with Crippen LogP contribution in [0.5, 0.6) is 11.8 Å². The van der Waals surface area contributed by atoms with Crippen LogP contribution in [0.25, 0.3) is 0 Å². The molecule has 0 aliphatic carbocycles. The highest BCUT2D eigenvalue weighted by atomic mass is 16.7. The molecule has 0 aliphatic rings. The van der Waals surface area contributed by atoms with Crippen molar-refractivity contribution in [2.75, 3.05) is 14.2 Å². The van der Waals surface area contributed by atoms with E-state index >= 15 is 0 Å². The topological polar surface area (TPSA) is 96.8 Å². The molecule has 0 unspecified atom stereocenters. The normalized spacial score (nSPS) is 9.12. The van der Waals surface area contributed by atoms with Crippen LogP contribution in [0.15, 0.2) is 12.4 Å². The zero-order valence-corrected chi connectivity index (χ0v) is 8.50. The molecule has 0 bridgehead atoms. The van der Waals surface area contributed by atoms with Gasteiger partial charge in [-0.05, 0) is 0 Å². The molecule has 86 valence electrons. The summed E-state index contributed by atoms with van der Waals surface area (Å²) in [5, 5.41) is 0. The van der Waals surface area contributed by atoms with Crippen molar-refractivity contribution in [3.05, 3.63) is 12.4 Å². The molecular weight excluding hydrogens is 220 g/mol. The van der Waals surface area contributed by atoms with Crippen LogP contribution in [0.1, 0.15) is 0 Å². The fourth-order valence-corrected chi connectivity index (χ4v) is 0.689. The van der Waals surface area contributed by atoms with Crippen molar-refractivity contribution in [1.82, 2.24) is 9.97 Å². The summed E-state index contributed by atoms with van der Waals surface area (Å²) in [6.45, 7) is 0. The van der Waals surface area contributed by atoms with Crippen LogP contribution in [0, 0.1) is 0 Å². The quantitative estimate of drug-likeness (QED) is 0.684. The average Bonchev–Trinajstić information content (AvgIpc) is 2.29. The minimum Gasteiger partial charge on any atom is -0.437 e. The first-order valence-electron chi connectivity index (χ1n) is 3.99. The van der Waals surface area contributed by atoms with E-state index in [1.165, 1.54) is 0 Å². The Labute approximate surface area is 90.1 Å². The molecule has 0 aliphatic heterocycles. The van der Waals surface area contributed by atoms with Gasteiger partial charge in [-0.3, -0.25) is 0 Å².